The van der Waals surface area contributed by atoms with E-state index in [4.69, 9.17) is 11.6 Å². The van der Waals surface area contributed by atoms with Crippen LogP contribution in [0.1, 0.15) is 25.6 Å². The Morgan fingerprint density at radius 2 is 2.14 bits per heavy atom. The van der Waals surface area contributed by atoms with Crippen LogP contribution in [0.4, 0.5) is 0 Å². The Morgan fingerprint density at radius 1 is 1.43 bits per heavy atom. The summed E-state index contributed by atoms with van der Waals surface area (Å²) in [5, 5.41) is 13.8. The van der Waals surface area contributed by atoms with Crippen molar-refractivity contribution in [2.45, 2.75) is 26.8 Å². The highest BCUT2D eigenvalue weighted by molar-refractivity contribution is 6.35. The number of rotatable bonds is 1. The Bertz CT molecular complexity index is 475. The first-order valence-corrected chi connectivity index (χ1v) is 4.85. The largest absolute Gasteiger partial charge is 0.243 e. The second kappa shape index (κ2) is 3.20. The van der Waals surface area contributed by atoms with Crippen molar-refractivity contribution in [2.75, 3.05) is 0 Å². The summed E-state index contributed by atoms with van der Waals surface area (Å²) in [4.78, 5) is 0. The molecular weight excluding hydrogens is 200 g/mol. The minimum atomic E-state index is 0.263. The van der Waals surface area contributed by atoms with Gasteiger partial charge in [-0.3, -0.25) is 0 Å². The quantitative estimate of drug-likeness (QED) is 0.726. The van der Waals surface area contributed by atoms with Gasteiger partial charge in [0.05, 0.1) is 22.3 Å². The number of hydrogen-bond donors (Lipinski definition) is 0. The van der Waals surface area contributed by atoms with E-state index < -0.39 is 0 Å². The number of aryl methyl sites for hydroxylation is 1. The lowest BCUT2D eigenvalue weighted by Gasteiger charge is -2.04. The molecular formula is C9H11ClN4. The average Bonchev–Trinajstić information content (AvgIpc) is 2.45. The molecule has 0 spiro atoms. The maximum Gasteiger partial charge on any atom is 0.182 e. The third-order valence-electron chi connectivity index (χ3n) is 2.11. The molecule has 5 heteroatoms. The van der Waals surface area contributed by atoms with E-state index in [1.807, 2.05) is 11.6 Å². The first kappa shape index (κ1) is 9.40. The Morgan fingerprint density at radius 3 is 2.79 bits per heavy atom. The fourth-order valence-electron chi connectivity index (χ4n) is 1.47. The van der Waals surface area contributed by atoms with E-state index in [0.29, 0.717) is 5.02 Å². The Kier molecular flexibility index (Phi) is 2.15. The number of halogens is 1. The van der Waals surface area contributed by atoms with Crippen molar-refractivity contribution in [2.24, 2.45) is 0 Å². The molecule has 4 nitrogen and oxygen atoms in total. The molecule has 74 valence electrons. The molecule has 0 aliphatic rings. The summed E-state index contributed by atoms with van der Waals surface area (Å²) in [5.74, 6) is 0. The van der Waals surface area contributed by atoms with E-state index in [0.717, 1.165) is 16.7 Å². The van der Waals surface area contributed by atoms with Crippen LogP contribution in [-0.4, -0.2) is 20.0 Å². The van der Waals surface area contributed by atoms with Crippen molar-refractivity contribution in [3.8, 4) is 0 Å². The maximum absolute atomic E-state index is 6.02. The van der Waals surface area contributed by atoms with Gasteiger partial charge in [-0.05, 0) is 20.8 Å². The molecule has 0 aromatic carbocycles. The highest BCUT2D eigenvalue weighted by Gasteiger charge is 2.13. The van der Waals surface area contributed by atoms with E-state index in [2.05, 4.69) is 29.1 Å². The Hall–Kier alpha value is -1.16. The predicted octanol–water partition coefficient (Wildman–Crippen LogP) is 2.37. The predicted molar refractivity (Wildman–Crippen MR) is 55.5 cm³/mol. The number of aromatic nitrogens is 4. The summed E-state index contributed by atoms with van der Waals surface area (Å²) < 4.78 is 1.84. The van der Waals surface area contributed by atoms with Crippen LogP contribution in [0.15, 0.2) is 6.20 Å². The van der Waals surface area contributed by atoms with Gasteiger partial charge < -0.3 is 0 Å². The molecule has 0 aliphatic heterocycles. The van der Waals surface area contributed by atoms with E-state index in [1.54, 1.807) is 6.20 Å². The average molecular weight is 211 g/mol. The topological polar surface area (TPSA) is 43.6 Å². The third-order valence-corrected chi connectivity index (χ3v) is 2.40. The summed E-state index contributed by atoms with van der Waals surface area (Å²) in [5.41, 5.74) is 1.65. The molecule has 0 bridgehead atoms. The summed E-state index contributed by atoms with van der Waals surface area (Å²) in [6.07, 6.45) is 1.54. The van der Waals surface area contributed by atoms with Crippen molar-refractivity contribution in [1.29, 1.82) is 0 Å². The summed E-state index contributed by atoms with van der Waals surface area (Å²) >= 11 is 6.02. The van der Waals surface area contributed by atoms with Crippen molar-refractivity contribution < 1.29 is 0 Å². The van der Waals surface area contributed by atoms with Gasteiger partial charge in [-0.15, -0.1) is 5.10 Å². The molecule has 0 amide bonds. The Balaban J connectivity index is 2.84. The summed E-state index contributed by atoms with van der Waals surface area (Å²) in [6, 6.07) is 0.263. The second-order valence-electron chi connectivity index (χ2n) is 3.51. The van der Waals surface area contributed by atoms with Gasteiger partial charge in [0.25, 0.3) is 0 Å². The minimum Gasteiger partial charge on any atom is -0.243 e. The van der Waals surface area contributed by atoms with Gasteiger partial charge in [-0.25, -0.2) is 4.68 Å². The highest BCUT2D eigenvalue weighted by atomic mass is 35.5. The van der Waals surface area contributed by atoms with Crippen molar-refractivity contribution in [3.63, 3.8) is 0 Å². The molecule has 0 atom stereocenters. The van der Waals surface area contributed by atoms with Gasteiger partial charge in [0.15, 0.2) is 5.65 Å². The SMILES string of the molecule is Cc1nn(C(C)C)c2nncc(Cl)c12. The van der Waals surface area contributed by atoms with E-state index in [1.165, 1.54) is 0 Å². The Labute approximate surface area is 86.9 Å². The van der Waals surface area contributed by atoms with E-state index in [9.17, 15) is 0 Å². The van der Waals surface area contributed by atoms with Crippen LogP contribution in [0.25, 0.3) is 11.0 Å². The van der Waals surface area contributed by atoms with Gasteiger partial charge in [0, 0.05) is 6.04 Å². The first-order chi connectivity index (χ1) is 6.61. The third kappa shape index (κ3) is 1.26. The summed E-state index contributed by atoms with van der Waals surface area (Å²) in [6.45, 7) is 6.03. The van der Waals surface area contributed by atoms with Crippen LogP contribution in [0.2, 0.25) is 5.02 Å². The number of hydrogen-bond acceptors (Lipinski definition) is 3. The van der Waals surface area contributed by atoms with Crippen LogP contribution >= 0.6 is 11.6 Å². The zero-order chi connectivity index (χ0) is 10.3. The lowest BCUT2D eigenvalue weighted by molar-refractivity contribution is 0.541. The zero-order valence-electron chi connectivity index (χ0n) is 8.32. The number of fused-ring (bicyclic) bond motifs is 1. The smallest absolute Gasteiger partial charge is 0.182 e. The molecule has 0 fully saturated rings. The molecule has 2 aromatic heterocycles. The van der Waals surface area contributed by atoms with Gasteiger partial charge in [-0.1, -0.05) is 11.6 Å². The lowest BCUT2D eigenvalue weighted by Crippen LogP contribution is -2.04. The number of nitrogens with zero attached hydrogens (tertiary/aromatic N) is 4. The zero-order valence-corrected chi connectivity index (χ0v) is 9.08. The van der Waals surface area contributed by atoms with Crippen LogP contribution in [0, 0.1) is 6.92 Å². The lowest BCUT2D eigenvalue weighted by atomic mass is 10.3. The molecule has 2 aromatic rings. The molecule has 0 radical (unpaired) electrons. The van der Waals surface area contributed by atoms with Gasteiger partial charge in [-0.2, -0.15) is 10.2 Å². The van der Waals surface area contributed by atoms with Crippen molar-refractivity contribution in [1.82, 2.24) is 20.0 Å². The first-order valence-electron chi connectivity index (χ1n) is 4.47. The molecule has 2 rings (SSSR count). The van der Waals surface area contributed by atoms with Gasteiger partial charge in [0.1, 0.15) is 0 Å². The fourth-order valence-corrected chi connectivity index (χ4v) is 1.73. The van der Waals surface area contributed by atoms with Gasteiger partial charge in [0.2, 0.25) is 0 Å². The normalized spacial score (nSPS) is 11.5. The molecule has 0 aliphatic carbocycles. The molecule has 0 saturated carbocycles. The monoisotopic (exact) mass is 210 g/mol. The van der Waals surface area contributed by atoms with Crippen molar-refractivity contribution in [3.05, 3.63) is 16.9 Å². The molecule has 0 N–H and O–H groups in total. The van der Waals surface area contributed by atoms with Crippen molar-refractivity contribution >= 4 is 22.6 Å². The molecule has 0 unspecified atom stereocenters. The fraction of sp³-hybridized carbons (Fsp3) is 0.444. The van der Waals surface area contributed by atoms with Crippen LogP contribution in [0.3, 0.4) is 0 Å². The maximum atomic E-state index is 6.02. The van der Waals surface area contributed by atoms with E-state index in [-0.39, 0.29) is 6.04 Å². The highest BCUT2D eigenvalue weighted by Crippen LogP contribution is 2.25. The minimum absolute atomic E-state index is 0.263. The molecule has 2 heterocycles. The van der Waals surface area contributed by atoms with E-state index >= 15 is 0 Å². The molecule has 14 heavy (non-hydrogen) atoms. The standard InChI is InChI=1S/C9H11ClN4/c1-5(2)14-9-8(6(3)13-14)7(10)4-11-12-9/h4-5H,1-3H3. The van der Waals surface area contributed by atoms with Crippen LogP contribution < -0.4 is 0 Å². The second-order valence-corrected chi connectivity index (χ2v) is 3.92. The van der Waals surface area contributed by atoms with Gasteiger partial charge >= 0.3 is 0 Å². The van der Waals surface area contributed by atoms with Crippen LogP contribution in [0.5, 0.6) is 0 Å². The summed E-state index contributed by atoms with van der Waals surface area (Å²) in [7, 11) is 0. The van der Waals surface area contributed by atoms with Crippen LogP contribution in [-0.2, 0) is 0 Å². The molecule has 0 saturated heterocycles.